The minimum absolute atomic E-state index is 0.0866. The number of likely N-dealkylation sites (N-methyl/N-ethyl adjacent to an activating group) is 2. The number of hydrogen-bond acceptors (Lipinski definition) is 4. The summed E-state index contributed by atoms with van der Waals surface area (Å²) in [7, 11) is 1.87. The van der Waals surface area contributed by atoms with E-state index in [2.05, 4.69) is 4.98 Å². The van der Waals surface area contributed by atoms with E-state index in [9.17, 15) is 4.79 Å². The van der Waals surface area contributed by atoms with Gasteiger partial charge in [-0.3, -0.25) is 9.78 Å². The van der Waals surface area contributed by atoms with Crippen LogP contribution in [0.2, 0.25) is 0 Å². The van der Waals surface area contributed by atoms with Crippen molar-refractivity contribution in [2.45, 2.75) is 27.7 Å². The fourth-order valence-corrected chi connectivity index (χ4v) is 2.63. The van der Waals surface area contributed by atoms with E-state index in [1.807, 2.05) is 45.7 Å². The predicted molar refractivity (Wildman–Crippen MR) is 90.8 cm³/mol. The van der Waals surface area contributed by atoms with Crippen molar-refractivity contribution in [3.05, 3.63) is 23.0 Å². The maximum Gasteiger partial charge on any atom is 0.242 e. The van der Waals surface area contributed by atoms with Crippen molar-refractivity contribution in [1.82, 2.24) is 9.88 Å². The van der Waals surface area contributed by atoms with Gasteiger partial charge in [-0.15, -0.1) is 0 Å². The Hall–Kier alpha value is -1.69. The molecule has 6 heteroatoms. The second-order valence-corrected chi connectivity index (χ2v) is 5.47. The maximum atomic E-state index is 12.2. The molecule has 0 aromatic carbocycles. The van der Waals surface area contributed by atoms with Crippen molar-refractivity contribution >= 4 is 28.8 Å². The summed E-state index contributed by atoms with van der Waals surface area (Å²) in [6, 6.07) is 1.91. The number of carbonyl (C=O) groups excluding carboxylic acids is 1. The highest BCUT2D eigenvalue weighted by Crippen LogP contribution is 2.23. The first-order valence-electron chi connectivity index (χ1n) is 7.08. The number of thiocarbonyl (C=S) groups is 1. The zero-order chi connectivity index (χ0) is 16.2. The van der Waals surface area contributed by atoms with E-state index in [-0.39, 0.29) is 5.91 Å². The van der Waals surface area contributed by atoms with Gasteiger partial charge >= 0.3 is 0 Å². The van der Waals surface area contributed by atoms with E-state index in [0.29, 0.717) is 24.6 Å². The van der Waals surface area contributed by atoms with Crippen molar-refractivity contribution in [1.29, 1.82) is 0 Å². The molecule has 0 atom stereocenters. The van der Waals surface area contributed by atoms with Crippen molar-refractivity contribution in [3.8, 4) is 0 Å². The standard InChI is InChI=1S/C15H24N4OS/c1-6-19(7-2)13(20)9-18(5)12-8-10(3)17-11(4)14(12)15(16)21/h8H,6-7,9H2,1-5H3,(H2,16,21). The highest BCUT2D eigenvalue weighted by Gasteiger charge is 2.18. The molecule has 0 unspecified atom stereocenters. The van der Waals surface area contributed by atoms with Crippen LogP contribution in [-0.2, 0) is 4.79 Å². The molecule has 21 heavy (non-hydrogen) atoms. The lowest BCUT2D eigenvalue weighted by molar-refractivity contribution is -0.129. The third kappa shape index (κ3) is 4.14. The summed E-state index contributed by atoms with van der Waals surface area (Å²) in [4.78, 5) is 20.6. The quantitative estimate of drug-likeness (QED) is 0.810. The molecular weight excluding hydrogens is 284 g/mol. The van der Waals surface area contributed by atoms with Gasteiger partial charge in [0.05, 0.1) is 17.8 Å². The highest BCUT2D eigenvalue weighted by atomic mass is 32.1. The van der Waals surface area contributed by atoms with Crippen LogP contribution >= 0.6 is 12.2 Å². The van der Waals surface area contributed by atoms with Gasteiger partial charge < -0.3 is 15.5 Å². The molecule has 1 amide bonds. The molecule has 1 aromatic heterocycles. The van der Waals surface area contributed by atoms with Gasteiger partial charge in [-0.25, -0.2) is 0 Å². The van der Waals surface area contributed by atoms with E-state index in [0.717, 1.165) is 22.6 Å². The van der Waals surface area contributed by atoms with E-state index < -0.39 is 0 Å². The Bertz CT molecular complexity index is 541. The van der Waals surface area contributed by atoms with Gasteiger partial charge in [0, 0.05) is 31.5 Å². The fourth-order valence-electron chi connectivity index (χ4n) is 2.38. The molecule has 116 valence electrons. The summed E-state index contributed by atoms with van der Waals surface area (Å²) in [6.45, 7) is 9.45. The normalized spacial score (nSPS) is 10.3. The van der Waals surface area contributed by atoms with Crippen LogP contribution < -0.4 is 10.6 Å². The van der Waals surface area contributed by atoms with E-state index in [4.69, 9.17) is 18.0 Å². The molecule has 5 nitrogen and oxygen atoms in total. The van der Waals surface area contributed by atoms with Crippen LogP contribution in [0.25, 0.3) is 0 Å². The molecule has 0 fully saturated rings. The van der Waals surface area contributed by atoms with Crippen molar-refractivity contribution in [2.75, 3.05) is 31.6 Å². The van der Waals surface area contributed by atoms with Gasteiger partial charge in [-0.05, 0) is 33.8 Å². The minimum Gasteiger partial charge on any atom is -0.389 e. The third-order valence-electron chi connectivity index (χ3n) is 3.45. The van der Waals surface area contributed by atoms with Crippen molar-refractivity contribution in [3.63, 3.8) is 0 Å². The molecule has 0 saturated carbocycles. The van der Waals surface area contributed by atoms with Crippen LogP contribution in [0.5, 0.6) is 0 Å². The van der Waals surface area contributed by atoms with Gasteiger partial charge in [0.1, 0.15) is 4.99 Å². The number of anilines is 1. The smallest absolute Gasteiger partial charge is 0.242 e. The lowest BCUT2D eigenvalue weighted by atomic mass is 10.1. The third-order valence-corrected chi connectivity index (χ3v) is 3.66. The van der Waals surface area contributed by atoms with Crippen LogP contribution in [-0.4, -0.2) is 47.5 Å². The monoisotopic (exact) mass is 308 g/mol. The number of aryl methyl sites for hydroxylation is 2. The second kappa shape index (κ2) is 7.36. The lowest BCUT2D eigenvalue weighted by Crippen LogP contribution is -2.39. The number of nitrogens with zero attached hydrogens (tertiary/aromatic N) is 3. The molecule has 0 bridgehead atoms. The van der Waals surface area contributed by atoms with Gasteiger partial charge in [-0.2, -0.15) is 0 Å². The molecular formula is C15H24N4OS. The van der Waals surface area contributed by atoms with Gasteiger partial charge in [0.15, 0.2) is 0 Å². The van der Waals surface area contributed by atoms with Crippen molar-refractivity contribution < 1.29 is 4.79 Å². The van der Waals surface area contributed by atoms with E-state index >= 15 is 0 Å². The average molecular weight is 308 g/mol. The topological polar surface area (TPSA) is 62.5 Å². The maximum absolute atomic E-state index is 12.2. The average Bonchev–Trinajstić information content (AvgIpc) is 2.38. The molecule has 2 N–H and O–H groups in total. The first-order chi connectivity index (χ1) is 9.81. The lowest BCUT2D eigenvalue weighted by Gasteiger charge is -2.26. The number of hydrogen-bond donors (Lipinski definition) is 1. The first kappa shape index (κ1) is 17.4. The van der Waals surface area contributed by atoms with E-state index in [1.165, 1.54) is 0 Å². The number of pyridine rings is 1. The van der Waals surface area contributed by atoms with Crippen LogP contribution in [0.3, 0.4) is 0 Å². The molecule has 1 rings (SSSR count). The molecule has 0 aliphatic carbocycles. The summed E-state index contributed by atoms with van der Waals surface area (Å²) < 4.78 is 0. The van der Waals surface area contributed by atoms with Crippen molar-refractivity contribution in [2.24, 2.45) is 5.73 Å². The molecule has 0 radical (unpaired) electrons. The van der Waals surface area contributed by atoms with Crippen LogP contribution in [0, 0.1) is 13.8 Å². The minimum atomic E-state index is 0.0866. The number of amides is 1. The predicted octanol–water partition coefficient (Wildman–Crippen LogP) is 1.64. The number of carbonyl (C=O) groups is 1. The number of nitrogens with two attached hydrogens (primary N) is 1. The SMILES string of the molecule is CCN(CC)C(=O)CN(C)c1cc(C)nc(C)c1C(N)=S. The van der Waals surface area contributed by atoms with Crippen LogP contribution in [0.15, 0.2) is 6.07 Å². The fraction of sp³-hybridized carbons (Fsp3) is 0.533. The summed E-state index contributed by atoms with van der Waals surface area (Å²) in [5.74, 6) is 0.0866. The zero-order valence-corrected chi connectivity index (χ0v) is 14.3. The van der Waals surface area contributed by atoms with Crippen LogP contribution in [0.1, 0.15) is 30.8 Å². The Morgan fingerprint density at radius 3 is 2.38 bits per heavy atom. The van der Waals surface area contributed by atoms with E-state index in [1.54, 1.807) is 4.90 Å². The molecule has 0 aliphatic heterocycles. The molecule has 0 spiro atoms. The summed E-state index contributed by atoms with van der Waals surface area (Å²) in [6.07, 6.45) is 0. The molecule has 0 saturated heterocycles. The Balaban J connectivity index is 3.10. The van der Waals surface area contributed by atoms with Crippen LogP contribution in [0.4, 0.5) is 5.69 Å². The Morgan fingerprint density at radius 1 is 1.33 bits per heavy atom. The Labute approximate surface area is 132 Å². The molecule has 1 aromatic rings. The highest BCUT2D eigenvalue weighted by molar-refractivity contribution is 7.80. The Kier molecular flexibility index (Phi) is 6.08. The summed E-state index contributed by atoms with van der Waals surface area (Å²) in [5.41, 5.74) is 9.08. The molecule has 1 heterocycles. The van der Waals surface area contributed by atoms with Gasteiger partial charge in [0.2, 0.25) is 5.91 Å². The number of aromatic nitrogens is 1. The summed E-state index contributed by atoms with van der Waals surface area (Å²) in [5, 5.41) is 0. The first-order valence-corrected chi connectivity index (χ1v) is 7.49. The largest absolute Gasteiger partial charge is 0.389 e. The Morgan fingerprint density at radius 2 is 1.90 bits per heavy atom. The number of rotatable bonds is 6. The molecule has 0 aliphatic rings. The second-order valence-electron chi connectivity index (χ2n) is 5.03. The zero-order valence-electron chi connectivity index (χ0n) is 13.4. The van der Waals surface area contributed by atoms with Gasteiger partial charge in [0.25, 0.3) is 0 Å². The van der Waals surface area contributed by atoms with Gasteiger partial charge in [-0.1, -0.05) is 12.2 Å². The summed E-state index contributed by atoms with van der Waals surface area (Å²) >= 11 is 5.13.